The van der Waals surface area contributed by atoms with E-state index in [1.165, 1.54) is 7.11 Å². The molecule has 0 spiro atoms. The van der Waals surface area contributed by atoms with Crippen molar-refractivity contribution in [2.45, 2.75) is 13.0 Å². The molecule has 0 bridgehead atoms. The maximum absolute atomic E-state index is 13.1. The highest BCUT2D eigenvalue weighted by molar-refractivity contribution is 6.34. The molecule has 0 unspecified atom stereocenters. The zero-order valence-electron chi connectivity index (χ0n) is 14.4. The molecule has 138 valence electrons. The Morgan fingerprint density at radius 2 is 1.81 bits per heavy atom. The number of oxime groups is 1. The molecular weight excluding hydrogens is 391 g/mol. The number of fused-ring (bicyclic) bond motifs is 1. The fourth-order valence-corrected chi connectivity index (χ4v) is 3.54. The number of carbonyl (C=O) groups excluding carboxylic acids is 2. The average Bonchev–Trinajstić information content (AvgIpc) is 3.19. The number of imide groups is 1. The predicted molar refractivity (Wildman–Crippen MR) is 102 cm³/mol. The number of halogens is 2. The molecule has 2 aromatic carbocycles. The summed E-state index contributed by atoms with van der Waals surface area (Å²) in [6.45, 7) is 1.79. The summed E-state index contributed by atoms with van der Waals surface area (Å²) in [6.07, 6.45) is -0.996. The third-order valence-corrected chi connectivity index (χ3v) is 5.31. The van der Waals surface area contributed by atoms with Crippen molar-refractivity contribution in [2.24, 2.45) is 11.1 Å². The number of hydrogen-bond donors (Lipinski definition) is 0. The average molecular weight is 405 g/mol. The number of rotatable bonds is 3. The Labute approximate surface area is 165 Å². The van der Waals surface area contributed by atoms with Gasteiger partial charge in [0.1, 0.15) is 17.4 Å². The van der Waals surface area contributed by atoms with Crippen LogP contribution in [0.2, 0.25) is 10.0 Å². The molecule has 27 heavy (non-hydrogen) atoms. The van der Waals surface area contributed by atoms with Gasteiger partial charge in [-0.05, 0) is 30.7 Å². The monoisotopic (exact) mass is 404 g/mol. The molecule has 0 radical (unpaired) electrons. The van der Waals surface area contributed by atoms with Gasteiger partial charge in [-0.3, -0.25) is 9.59 Å². The number of amides is 2. The maximum Gasteiger partial charge on any atom is 0.279 e. The van der Waals surface area contributed by atoms with Crippen molar-refractivity contribution < 1.29 is 19.2 Å². The van der Waals surface area contributed by atoms with Gasteiger partial charge in [0.15, 0.2) is 0 Å². The summed E-state index contributed by atoms with van der Waals surface area (Å²) in [6, 6.07) is 10.1. The van der Waals surface area contributed by atoms with Crippen LogP contribution in [0.3, 0.4) is 0 Å². The summed E-state index contributed by atoms with van der Waals surface area (Å²) < 4.78 is 5.32. The molecule has 2 aromatic rings. The van der Waals surface area contributed by atoms with Crippen molar-refractivity contribution >= 4 is 46.4 Å². The van der Waals surface area contributed by atoms with E-state index in [2.05, 4.69) is 5.16 Å². The number of methoxy groups -OCH3 is 1. The highest BCUT2D eigenvalue weighted by Crippen LogP contribution is 2.40. The van der Waals surface area contributed by atoms with Crippen molar-refractivity contribution in [1.29, 1.82) is 0 Å². The molecule has 2 aliphatic heterocycles. The Morgan fingerprint density at radius 3 is 2.48 bits per heavy atom. The summed E-state index contributed by atoms with van der Waals surface area (Å²) in [7, 11) is 1.45. The number of benzene rings is 2. The van der Waals surface area contributed by atoms with Gasteiger partial charge in [-0.2, -0.15) is 0 Å². The molecule has 6 nitrogen and oxygen atoms in total. The van der Waals surface area contributed by atoms with Crippen LogP contribution in [0.25, 0.3) is 0 Å². The van der Waals surface area contributed by atoms with Crippen LogP contribution in [0.5, 0.6) is 5.75 Å². The summed E-state index contributed by atoms with van der Waals surface area (Å²) in [5.41, 5.74) is 2.14. The molecule has 4 rings (SSSR count). The van der Waals surface area contributed by atoms with Crippen LogP contribution in [0.15, 0.2) is 41.6 Å². The van der Waals surface area contributed by atoms with Crippen LogP contribution < -0.4 is 9.64 Å². The van der Waals surface area contributed by atoms with Crippen LogP contribution in [0, 0.1) is 12.8 Å². The second-order valence-corrected chi connectivity index (χ2v) is 7.12. The minimum absolute atomic E-state index is 0.331. The molecule has 2 amide bonds. The molecular formula is C19H14Cl2N2O4. The van der Waals surface area contributed by atoms with E-state index in [1.807, 2.05) is 0 Å². The van der Waals surface area contributed by atoms with Crippen molar-refractivity contribution in [3.63, 3.8) is 0 Å². The van der Waals surface area contributed by atoms with Gasteiger partial charge >= 0.3 is 0 Å². The first-order valence-corrected chi connectivity index (χ1v) is 8.89. The zero-order valence-corrected chi connectivity index (χ0v) is 15.9. The molecule has 0 N–H and O–H groups in total. The van der Waals surface area contributed by atoms with Gasteiger partial charge in [-0.1, -0.05) is 40.5 Å². The van der Waals surface area contributed by atoms with Gasteiger partial charge in [0, 0.05) is 21.7 Å². The molecule has 2 heterocycles. The molecule has 2 atom stereocenters. The Hall–Kier alpha value is -2.57. The largest absolute Gasteiger partial charge is 0.495 e. The van der Waals surface area contributed by atoms with Gasteiger partial charge in [0.25, 0.3) is 5.91 Å². The minimum atomic E-state index is -0.996. The molecule has 2 aliphatic rings. The lowest BCUT2D eigenvalue weighted by atomic mass is 9.94. The van der Waals surface area contributed by atoms with Crippen LogP contribution >= 0.6 is 23.2 Å². The standard InChI is InChI=1S/C19H14Cl2N2O4/c1-9-7-13(14(26-2)8-12(9)21)23-18(24)15-16(22-27-17(15)19(23)25)10-3-5-11(20)6-4-10/h3-8,15,17H,1-2H3/t15-,17-/m1/s1. The summed E-state index contributed by atoms with van der Waals surface area (Å²) >= 11 is 12.1. The first kappa shape index (κ1) is 17.8. The molecule has 0 saturated carbocycles. The van der Waals surface area contributed by atoms with Crippen molar-refractivity contribution in [3.05, 3.63) is 57.6 Å². The van der Waals surface area contributed by atoms with Crippen molar-refractivity contribution in [2.75, 3.05) is 12.0 Å². The number of ether oxygens (including phenoxy) is 1. The number of hydrogen-bond acceptors (Lipinski definition) is 5. The fraction of sp³-hybridized carbons (Fsp3) is 0.211. The minimum Gasteiger partial charge on any atom is -0.495 e. The van der Waals surface area contributed by atoms with E-state index in [1.54, 1.807) is 43.3 Å². The highest BCUT2D eigenvalue weighted by Gasteiger charge is 2.56. The van der Waals surface area contributed by atoms with E-state index in [9.17, 15) is 9.59 Å². The van der Waals surface area contributed by atoms with Crippen LogP contribution in [0.4, 0.5) is 5.69 Å². The number of carbonyl (C=O) groups is 2. The third-order valence-electron chi connectivity index (χ3n) is 4.65. The Balaban J connectivity index is 1.75. The number of anilines is 1. The normalized spacial score (nSPS) is 21.2. The second-order valence-electron chi connectivity index (χ2n) is 6.27. The van der Waals surface area contributed by atoms with Gasteiger partial charge in [-0.15, -0.1) is 0 Å². The number of nitrogens with zero attached hydrogens (tertiary/aromatic N) is 2. The van der Waals surface area contributed by atoms with E-state index in [-0.39, 0.29) is 0 Å². The van der Waals surface area contributed by atoms with Crippen molar-refractivity contribution in [3.8, 4) is 5.75 Å². The Morgan fingerprint density at radius 1 is 1.11 bits per heavy atom. The van der Waals surface area contributed by atoms with E-state index in [4.69, 9.17) is 32.8 Å². The number of aryl methyl sites for hydroxylation is 1. The summed E-state index contributed by atoms with van der Waals surface area (Å²) in [5.74, 6) is -1.40. The summed E-state index contributed by atoms with van der Waals surface area (Å²) in [4.78, 5) is 32.4. The third kappa shape index (κ3) is 2.76. The molecule has 0 aliphatic carbocycles. The zero-order chi connectivity index (χ0) is 19.3. The second kappa shape index (κ2) is 6.55. The van der Waals surface area contributed by atoms with Gasteiger partial charge in [0.05, 0.1) is 12.8 Å². The van der Waals surface area contributed by atoms with E-state index in [0.29, 0.717) is 32.8 Å². The lowest BCUT2D eigenvalue weighted by molar-refractivity contribution is -0.126. The van der Waals surface area contributed by atoms with E-state index < -0.39 is 23.8 Å². The van der Waals surface area contributed by atoms with Crippen LogP contribution in [-0.4, -0.2) is 30.7 Å². The van der Waals surface area contributed by atoms with Gasteiger partial charge < -0.3 is 9.57 Å². The van der Waals surface area contributed by atoms with E-state index in [0.717, 1.165) is 10.5 Å². The van der Waals surface area contributed by atoms with Crippen LogP contribution in [0.1, 0.15) is 11.1 Å². The SMILES string of the molecule is COc1cc(Cl)c(C)cc1N1C(=O)[C@@H]2C(c3ccc(Cl)cc3)=NO[C@H]2C1=O. The topological polar surface area (TPSA) is 68.2 Å². The van der Waals surface area contributed by atoms with Crippen LogP contribution in [-0.2, 0) is 14.4 Å². The van der Waals surface area contributed by atoms with Gasteiger partial charge in [-0.25, -0.2) is 4.90 Å². The smallest absolute Gasteiger partial charge is 0.279 e. The quantitative estimate of drug-likeness (QED) is 0.732. The lowest BCUT2D eigenvalue weighted by Gasteiger charge is -2.19. The Kier molecular flexibility index (Phi) is 4.32. The highest BCUT2D eigenvalue weighted by atomic mass is 35.5. The first-order valence-electron chi connectivity index (χ1n) is 8.14. The first-order chi connectivity index (χ1) is 12.9. The van der Waals surface area contributed by atoms with Gasteiger partial charge in [0.2, 0.25) is 12.0 Å². The Bertz CT molecular complexity index is 988. The summed E-state index contributed by atoms with van der Waals surface area (Å²) in [5, 5.41) is 5.02. The molecule has 1 saturated heterocycles. The van der Waals surface area contributed by atoms with E-state index >= 15 is 0 Å². The van der Waals surface area contributed by atoms with Crippen molar-refractivity contribution in [1.82, 2.24) is 0 Å². The predicted octanol–water partition coefficient (Wildman–Crippen LogP) is 3.60. The lowest BCUT2D eigenvalue weighted by Crippen LogP contribution is -2.33. The maximum atomic E-state index is 13.1. The fourth-order valence-electron chi connectivity index (χ4n) is 3.26. The molecule has 8 heteroatoms. The molecule has 1 fully saturated rings. The molecule has 0 aromatic heterocycles.